The van der Waals surface area contributed by atoms with Gasteiger partial charge >= 0.3 is 0 Å². The number of imidazole rings is 1. The van der Waals surface area contributed by atoms with Gasteiger partial charge in [-0.3, -0.25) is 0 Å². The van der Waals surface area contributed by atoms with Crippen molar-refractivity contribution in [1.29, 1.82) is 0 Å². The molecule has 1 unspecified atom stereocenters. The maximum Gasteiger partial charge on any atom is 0.0946 e. The third-order valence-electron chi connectivity index (χ3n) is 3.00. The van der Waals surface area contributed by atoms with Crippen LogP contribution in [-0.2, 0) is 6.54 Å². The highest BCUT2D eigenvalue weighted by molar-refractivity contribution is 4.93. The van der Waals surface area contributed by atoms with E-state index in [1.165, 1.54) is 19.3 Å². The lowest BCUT2D eigenvalue weighted by Gasteiger charge is -2.21. The molecule has 0 spiro atoms. The van der Waals surface area contributed by atoms with Crippen LogP contribution in [0.5, 0.6) is 0 Å². The first-order chi connectivity index (χ1) is 7.61. The van der Waals surface area contributed by atoms with Crippen LogP contribution in [0.1, 0.15) is 47.0 Å². The highest BCUT2D eigenvalue weighted by Gasteiger charge is 2.15. The molecule has 0 aliphatic rings. The van der Waals surface area contributed by atoms with Gasteiger partial charge in [0.05, 0.1) is 6.33 Å². The summed E-state index contributed by atoms with van der Waals surface area (Å²) >= 11 is 0. The van der Waals surface area contributed by atoms with Crippen molar-refractivity contribution in [2.24, 2.45) is 11.8 Å². The van der Waals surface area contributed by atoms with Gasteiger partial charge in [0.1, 0.15) is 0 Å². The molecule has 1 radical (unpaired) electrons. The van der Waals surface area contributed by atoms with E-state index in [9.17, 15) is 0 Å². The van der Waals surface area contributed by atoms with E-state index >= 15 is 0 Å². The van der Waals surface area contributed by atoms with Crippen molar-refractivity contribution in [3.63, 3.8) is 0 Å². The van der Waals surface area contributed by atoms with Crippen molar-refractivity contribution < 1.29 is 0 Å². The van der Waals surface area contributed by atoms with Crippen molar-refractivity contribution in [2.75, 3.05) is 0 Å². The Labute approximate surface area is 100 Å². The summed E-state index contributed by atoms with van der Waals surface area (Å²) in [5.74, 6) is 3.21. The predicted octanol–water partition coefficient (Wildman–Crippen LogP) is 3.94. The lowest BCUT2D eigenvalue weighted by atomic mass is 9.87. The second-order valence-electron chi connectivity index (χ2n) is 5.30. The fourth-order valence-corrected chi connectivity index (χ4v) is 2.07. The van der Waals surface area contributed by atoms with Crippen LogP contribution in [0.2, 0.25) is 0 Å². The molecule has 1 aromatic rings. The summed E-state index contributed by atoms with van der Waals surface area (Å²) in [4.78, 5) is 4.10. The zero-order valence-corrected chi connectivity index (χ0v) is 11.1. The van der Waals surface area contributed by atoms with Crippen LogP contribution >= 0.6 is 0 Å². The summed E-state index contributed by atoms with van der Waals surface area (Å²) in [6, 6.07) is 0. The summed E-state index contributed by atoms with van der Waals surface area (Å²) < 4.78 is 2.18. The molecule has 0 aliphatic carbocycles. The van der Waals surface area contributed by atoms with E-state index < -0.39 is 0 Å². The van der Waals surface area contributed by atoms with Crippen LogP contribution in [0.15, 0.2) is 18.7 Å². The van der Waals surface area contributed by atoms with Crippen molar-refractivity contribution in [1.82, 2.24) is 9.55 Å². The Morgan fingerprint density at radius 2 is 2.00 bits per heavy atom. The molecule has 0 aromatic carbocycles. The molecule has 16 heavy (non-hydrogen) atoms. The Kier molecular flexibility index (Phi) is 5.58. The maximum absolute atomic E-state index is 4.10. The van der Waals surface area contributed by atoms with Crippen molar-refractivity contribution in [3.8, 4) is 0 Å². The first-order valence-electron chi connectivity index (χ1n) is 6.41. The van der Waals surface area contributed by atoms with E-state index in [4.69, 9.17) is 0 Å². The van der Waals surface area contributed by atoms with Crippen molar-refractivity contribution >= 4 is 0 Å². The number of hydrogen-bond acceptors (Lipinski definition) is 1. The van der Waals surface area contributed by atoms with Gasteiger partial charge in [-0.05, 0) is 30.6 Å². The third-order valence-corrected chi connectivity index (χ3v) is 3.00. The molecule has 1 aromatic heterocycles. The molecule has 0 aliphatic heterocycles. The third kappa shape index (κ3) is 4.82. The predicted molar refractivity (Wildman–Crippen MR) is 69.0 cm³/mol. The lowest BCUT2D eigenvalue weighted by molar-refractivity contribution is 0.441. The van der Waals surface area contributed by atoms with E-state index in [0.29, 0.717) is 0 Å². The van der Waals surface area contributed by atoms with Crippen LogP contribution in [0, 0.1) is 17.8 Å². The molecule has 91 valence electrons. The molecule has 0 fully saturated rings. The molecule has 1 atom stereocenters. The van der Waals surface area contributed by atoms with Gasteiger partial charge in [-0.15, -0.1) is 0 Å². The zero-order chi connectivity index (χ0) is 12.0. The summed E-state index contributed by atoms with van der Waals surface area (Å²) in [5, 5.41) is 0. The first-order valence-corrected chi connectivity index (χ1v) is 6.41. The van der Waals surface area contributed by atoms with E-state index in [0.717, 1.165) is 18.4 Å². The molecule has 0 N–H and O–H groups in total. The van der Waals surface area contributed by atoms with Crippen molar-refractivity contribution in [3.05, 3.63) is 24.6 Å². The van der Waals surface area contributed by atoms with Gasteiger partial charge in [0.25, 0.3) is 0 Å². The number of nitrogens with zero attached hydrogens (tertiary/aromatic N) is 2. The SMILES string of the molecule is CCC(C)C[C](CC(C)C)Cn1ccnc1. The minimum atomic E-state index is 0.752. The summed E-state index contributed by atoms with van der Waals surface area (Å²) in [5.41, 5.74) is 0. The second-order valence-corrected chi connectivity index (χ2v) is 5.30. The average molecular weight is 221 g/mol. The number of aromatic nitrogens is 2. The summed E-state index contributed by atoms with van der Waals surface area (Å²) in [6.45, 7) is 10.3. The molecule has 0 saturated carbocycles. The number of rotatable bonds is 7. The highest BCUT2D eigenvalue weighted by Crippen LogP contribution is 2.25. The lowest BCUT2D eigenvalue weighted by Crippen LogP contribution is -2.13. The molecule has 1 rings (SSSR count). The van der Waals surface area contributed by atoms with Crippen LogP contribution in [0.3, 0.4) is 0 Å². The largest absolute Gasteiger partial charge is 0.337 e. The standard InChI is InChI=1S/C14H25N2/c1-5-13(4)9-14(8-12(2)3)10-16-7-6-15-11-16/h6-7,11-13H,5,8-10H2,1-4H3. The van der Waals surface area contributed by atoms with Crippen molar-refractivity contribution in [2.45, 2.75) is 53.5 Å². The normalized spacial score (nSPS) is 13.6. The van der Waals surface area contributed by atoms with Gasteiger partial charge in [0, 0.05) is 18.9 Å². The minimum absolute atomic E-state index is 0.752. The monoisotopic (exact) mass is 221 g/mol. The number of hydrogen-bond donors (Lipinski definition) is 0. The molecule has 2 heteroatoms. The van der Waals surface area contributed by atoms with Crippen LogP contribution < -0.4 is 0 Å². The van der Waals surface area contributed by atoms with E-state index in [-0.39, 0.29) is 0 Å². The maximum atomic E-state index is 4.10. The molecule has 1 heterocycles. The van der Waals surface area contributed by atoms with Crippen LogP contribution in [0.25, 0.3) is 0 Å². The van der Waals surface area contributed by atoms with Crippen LogP contribution in [0.4, 0.5) is 0 Å². The van der Waals surface area contributed by atoms with Gasteiger partial charge in [-0.2, -0.15) is 0 Å². The topological polar surface area (TPSA) is 17.8 Å². The summed E-state index contributed by atoms with van der Waals surface area (Å²) in [7, 11) is 0. The Morgan fingerprint density at radius 1 is 1.25 bits per heavy atom. The molecule has 0 amide bonds. The highest BCUT2D eigenvalue weighted by atomic mass is 15.0. The zero-order valence-electron chi connectivity index (χ0n) is 11.1. The minimum Gasteiger partial charge on any atom is -0.337 e. The Hall–Kier alpha value is -0.790. The molecular formula is C14H25N2. The van der Waals surface area contributed by atoms with E-state index in [2.05, 4.69) is 43.4 Å². The second kappa shape index (κ2) is 6.72. The molecular weight excluding hydrogens is 196 g/mol. The summed E-state index contributed by atoms with van der Waals surface area (Å²) in [6.07, 6.45) is 9.59. The van der Waals surface area contributed by atoms with Crippen LogP contribution in [-0.4, -0.2) is 9.55 Å². The van der Waals surface area contributed by atoms with Gasteiger partial charge in [0.2, 0.25) is 0 Å². The molecule has 0 saturated heterocycles. The van der Waals surface area contributed by atoms with Gasteiger partial charge in [-0.25, -0.2) is 4.98 Å². The van der Waals surface area contributed by atoms with Gasteiger partial charge in [-0.1, -0.05) is 34.1 Å². The van der Waals surface area contributed by atoms with E-state index in [1.807, 2.05) is 12.5 Å². The quantitative estimate of drug-likeness (QED) is 0.682. The smallest absolute Gasteiger partial charge is 0.0946 e. The Balaban J connectivity index is 2.49. The van der Waals surface area contributed by atoms with Gasteiger partial charge < -0.3 is 4.57 Å². The average Bonchev–Trinajstić information content (AvgIpc) is 2.69. The first kappa shape index (κ1) is 13.3. The Morgan fingerprint density at radius 3 is 2.50 bits per heavy atom. The van der Waals surface area contributed by atoms with Gasteiger partial charge in [0.15, 0.2) is 0 Å². The molecule has 2 nitrogen and oxygen atoms in total. The molecule has 0 bridgehead atoms. The fraction of sp³-hybridized carbons (Fsp3) is 0.714. The van der Waals surface area contributed by atoms with E-state index in [1.54, 1.807) is 5.92 Å². The fourth-order valence-electron chi connectivity index (χ4n) is 2.07. The Bertz CT molecular complexity index is 264.